The van der Waals surface area contributed by atoms with Crippen LogP contribution in [0.4, 0.5) is 5.69 Å². The van der Waals surface area contributed by atoms with Gasteiger partial charge in [-0.15, -0.1) is 0 Å². The summed E-state index contributed by atoms with van der Waals surface area (Å²) in [6, 6.07) is 22.3. The van der Waals surface area contributed by atoms with E-state index in [9.17, 15) is 0 Å². The average molecular weight is 384 g/mol. The van der Waals surface area contributed by atoms with Crippen molar-refractivity contribution in [3.8, 4) is 0 Å². The minimum absolute atomic E-state index is 0.774. The smallest absolute Gasteiger partial charge is 0.141 e. The Hall–Kier alpha value is -3.45. The fourth-order valence-electron chi connectivity index (χ4n) is 3.04. The van der Waals surface area contributed by atoms with Gasteiger partial charge in [0.15, 0.2) is 0 Å². The third-order valence-corrected chi connectivity index (χ3v) is 5.39. The Balaban J connectivity index is 1.58. The van der Waals surface area contributed by atoms with Gasteiger partial charge in [-0.25, -0.2) is 19.3 Å². The lowest BCUT2D eigenvalue weighted by Crippen LogP contribution is -1.92. The molecule has 0 saturated heterocycles. The van der Waals surface area contributed by atoms with Crippen molar-refractivity contribution in [2.45, 2.75) is 5.75 Å². The van der Waals surface area contributed by atoms with E-state index in [1.165, 1.54) is 5.56 Å². The van der Waals surface area contributed by atoms with Crippen LogP contribution < -0.4 is 0 Å². The summed E-state index contributed by atoms with van der Waals surface area (Å²) in [7, 11) is 0. The van der Waals surface area contributed by atoms with Crippen molar-refractivity contribution in [3.63, 3.8) is 0 Å². The van der Waals surface area contributed by atoms with Crippen molar-refractivity contribution in [2.24, 2.45) is 4.99 Å². The van der Waals surface area contributed by atoms with Crippen LogP contribution in [0, 0.1) is 0 Å². The highest BCUT2D eigenvalue weighted by atomic mass is 32.2. The molecule has 5 aromatic rings. The monoisotopic (exact) mass is 384 g/mol. The summed E-state index contributed by atoms with van der Waals surface area (Å²) in [4.78, 5) is 13.4. The molecular weight excluding hydrogens is 368 g/mol. The average Bonchev–Trinajstić information content (AvgIpc) is 3.39. The number of H-pyrrole nitrogens is 1. The Kier molecular flexibility index (Phi) is 4.34. The normalized spacial score (nSPS) is 11.7. The van der Waals surface area contributed by atoms with Gasteiger partial charge < -0.3 is 0 Å². The zero-order valence-corrected chi connectivity index (χ0v) is 15.7. The van der Waals surface area contributed by atoms with E-state index < -0.39 is 0 Å². The molecule has 2 aromatic heterocycles. The van der Waals surface area contributed by atoms with Gasteiger partial charge in [-0.1, -0.05) is 60.7 Å². The van der Waals surface area contributed by atoms with Crippen molar-refractivity contribution >= 4 is 45.9 Å². The number of benzene rings is 3. The molecular formula is C21H16N6S. The van der Waals surface area contributed by atoms with E-state index in [2.05, 4.69) is 32.4 Å². The first kappa shape index (κ1) is 16.7. The van der Waals surface area contributed by atoms with Crippen LogP contribution in [-0.2, 0) is 5.75 Å². The topological polar surface area (TPSA) is 71.8 Å². The van der Waals surface area contributed by atoms with Gasteiger partial charge in [0.1, 0.15) is 22.9 Å². The maximum atomic E-state index is 4.74. The molecule has 0 aliphatic carbocycles. The standard InChI is InChI=1S/C21H16N6S/c1-3-7-15(8-4-1)12-22-18-11-17-19(24-14-23-17)20-21(18)27(26-25-20)28-13-16-9-5-2-6-10-16/h1-12,14,26H,13H2. The number of nitrogens with one attached hydrogen (secondary N) is 1. The number of rotatable bonds is 5. The van der Waals surface area contributed by atoms with Gasteiger partial charge in [-0.05, 0) is 29.1 Å². The number of aliphatic imine (C=N–C) groups is 1. The molecule has 28 heavy (non-hydrogen) atoms. The molecule has 0 atom stereocenters. The Labute approximate surface area is 165 Å². The quantitative estimate of drug-likeness (QED) is 0.444. The minimum Gasteiger partial charge on any atom is -0.254 e. The second-order valence-corrected chi connectivity index (χ2v) is 7.18. The third kappa shape index (κ3) is 3.16. The van der Waals surface area contributed by atoms with Crippen molar-refractivity contribution in [1.82, 2.24) is 24.4 Å². The van der Waals surface area contributed by atoms with Gasteiger partial charge in [-0.2, -0.15) is 5.10 Å². The van der Waals surface area contributed by atoms with Gasteiger partial charge >= 0.3 is 0 Å². The lowest BCUT2D eigenvalue weighted by atomic mass is 10.2. The van der Waals surface area contributed by atoms with Crippen LogP contribution in [0.15, 0.2) is 78.0 Å². The molecule has 0 unspecified atom stereocenters. The summed E-state index contributed by atoms with van der Waals surface area (Å²) in [6.45, 7) is 0. The third-order valence-electron chi connectivity index (χ3n) is 4.40. The Morgan fingerprint density at radius 2 is 1.75 bits per heavy atom. The molecule has 6 nitrogen and oxygen atoms in total. The molecule has 0 saturated carbocycles. The number of hydrogen-bond acceptors (Lipinski definition) is 5. The van der Waals surface area contributed by atoms with E-state index >= 15 is 0 Å². The molecule has 136 valence electrons. The van der Waals surface area contributed by atoms with Crippen molar-refractivity contribution in [2.75, 3.05) is 0 Å². The number of nitrogens with zero attached hydrogens (tertiary/aromatic N) is 5. The van der Waals surface area contributed by atoms with Crippen LogP contribution in [0.2, 0.25) is 0 Å². The summed E-state index contributed by atoms with van der Waals surface area (Å²) in [6.07, 6.45) is 3.42. The van der Waals surface area contributed by atoms with E-state index in [0.29, 0.717) is 0 Å². The fraction of sp³-hybridized carbons (Fsp3) is 0.0476. The van der Waals surface area contributed by atoms with E-state index in [4.69, 9.17) is 4.99 Å². The zero-order valence-electron chi connectivity index (χ0n) is 14.9. The van der Waals surface area contributed by atoms with Gasteiger partial charge in [0.2, 0.25) is 0 Å². The molecule has 1 N–H and O–H groups in total. The van der Waals surface area contributed by atoms with Crippen LogP contribution in [0.1, 0.15) is 11.1 Å². The second-order valence-electron chi connectivity index (χ2n) is 6.27. The molecule has 0 bridgehead atoms. The predicted octanol–water partition coefficient (Wildman–Crippen LogP) is 4.75. The Bertz CT molecular complexity index is 1260. The predicted molar refractivity (Wildman–Crippen MR) is 114 cm³/mol. The summed E-state index contributed by atoms with van der Waals surface area (Å²) < 4.78 is 1.95. The van der Waals surface area contributed by atoms with E-state index in [1.54, 1.807) is 18.3 Å². The first-order chi connectivity index (χ1) is 13.9. The highest BCUT2D eigenvalue weighted by molar-refractivity contribution is 7.97. The molecule has 5 rings (SSSR count). The molecule has 0 aliphatic rings. The van der Waals surface area contributed by atoms with Gasteiger partial charge in [0, 0.05) is 12.0 Å². The SMILES string of the molecule is C(=Nc1cc2ncnc2c2n[nH]n(SCc3ccccc3)c12)c1ccccc1. The lowest BCUT2D eigenvalue weighted by Gasteiger charge is -2.05. The van der Waals surface area contributed by atoms with E-state index in [0.717, 1.165) is 39.1 Å². The maximum Gasteiger partial charge on any atom is 0.141 e. The first-order valence-electron chi connectivity index (χ1n) is 8.85. The lowest BCUT2D eigenvalue weighted by molar-refractivity contribution is 0.909. The first-order valence-corrected chi connectivity index (χ1v) is 9.79. The van der Waals surface area contributed by atoms with Crippen LogP contribution in [0.3, 0.4) is 0 Å². The largest absolute Gasteiger partial charge is 0.254 e. The Morgan fingerprint density at radius 1 is 0.964 bits per heavy atom. The molecule has 0 radical (unpaired) electrons. The molecule has 0 spiro atoms. The van der Waals surface area contributed by atoms with Gasteiger partial charge in [0.05, 0.1) is 11.2 Å². The summed E-state index contributed by atoms with van der Waals surface area (Å²) in [5, 5.41) is 7.58. The van der Waals surface area contributed by atoms with Crippen LogP contribution in [0.25, 0.3) is 22.1 Å². The van der Waals surface area contributed by atoms with E-state index in [1.807, 2.05) is 64.9 Å². The zero-order chi connectivity index (χ0) is 18.8. The van der Waals surface area contributed by atoms with Gasteiger partial charge in [0.25, 0.3) is 0 Å². The number of aromatic amines is 1. The van der Waals surface area contributed by atoms with E-state index in [-0.39, 0.29) is 0 Å². The molecule has 0 aliphatic heterocycles. The number of imidazole rings is 1. The summed E-state index contributed by atoms with van der Waals surface area (Å²) >= 11 is 1.63. The number of fused-ring (bicyclic) bond motifs is 3. The van der Waals surface area contributed by atoms with Crippen molar-refractivity contribution in [1.29, 1.82) is 0 Å². The van der Waals surface area contributed by atoms with Crippen LogP contribution in [-0.4, -0.2) is 30.6 Å². The van der Waals surface area contributed by atoms with Crippen LogP contribution in [0.5, 0.6) is 0 Å². The molecule has 7 heteroatoms. The highest BCUT2D eigenvalue weighted by Crippen LogP contribution is 2.33. The summed E-state index contributed by atoms with van der Waals surface area (Å²) in [5.74, 6) is 0.815. The second kappa shape index (κ2) is 7.28. The van der Waals surface area contributed by atoms with Crippen LogP contribution >= 0.6 is 11.9 Å². The summed E-state index contributed by atoms with van der Waals surface area (Å²) in [5.41, 5.74) is 6.34. The number of aromatic nitrogens is 5. The highest BCUT2D eigenvalue weighted by Gasteiger charge is 2.15. The molecule has 0 fully saturated rings. The minimum atomic E-state index is 0.774. The number of hydrogen-bond donors (Lipinski definition) is 1. The van der Waals surface area contributed by atoms with Gasteiger partial charge in [-0.3, -0.25) is 4.99 Å². The van der Waals surface area contributed by atoms with Crippen molar-refractivity contribution < 1.29 is 0 Å². The Morgan fingerprint density at radius 3 is 2.57 bits per heavy atom. The maximum absolute atomic E-state index is 4.74. The molecule has 3 aromatic carbocycles. The molecule has 0 amide bonds. The fourth-order valence-corrected chi connectivity index (χ4v) is 3.91. The molecule has 2 heterocycles. The van der Waals surface area contributed by atoms with Crippen molar-refractivity contribution in [3.05, 3.63) is 84.2 Å².